The molecule has 15 heavy (non-hydrogen) atoms. The van der Waals surface area contributed by atoms with Crippen molar-refractivity contribution in [1.82, 2.24) is 5.32 Å². The van der Waals surface area contributed by atoms with Gasteiger partial charge < -0.3 is 10.4 Å². The van der Waals surface area contributed by atoms with Crippen molar-refractivity contribution in [2.75, 3.05) is 0 Å². The van der Waals surface area contributed by atoms with Crippen molar-refractivity contribution >= 4 is 11.9 Å². The number of hydrogen-bond donors (Lipinski definition) is 2. The number of halogens is 1. The van der Waals surface area contributed by atoms with Gasteiger partial charge in [0.2, 0.25) is 0 Å². The Balaban J connectivity index is 2.78. The largest absolute Gasteiger partial charge is 0.474 e. The van der Waals surface area contributed by atoms with Crippen molar-refractivity contribution in [2.24, 2.45) is 0 Å². The molecule has 4 nitrogen and oxygen atoms in total. The highest BCUT2D eigenvalue weighted by atomic mass is 19.1. The average Bonchev–Trinajstić information content (AvgIpc) is 2.18. The third-order valence-electron chi connectivity index (χ3n) is 1.91. The molecule has 1 atom stereocenters. The molecule has 5 heteroatoms. The lowest BCUT2D eigenvalue weighted by atomic mass is 10.1. The molecule has 0 aromatic heterocycles. The number of carbonyl (C=O) groups excluding carboxylic acids is 1. The van der Waals surface area contributed by atoms with E-state index in [1.165, 1.54) is 25.1 Å². The molecular weight excluding hydrogens is 201 g/mol. The summed E-state index contributed by atoms with van der Waals surface area (Å²) in [5.41, 5.74) is 0.257. The minimum atomic E-state index is -1.59. The number of nitrogens with one attached hydrogen (secondary N) is 1. The van der Waals surface area contributed by atoms with Crippen LogP contribution >= 0.6 is 0 Å². The second-order valence-electron chi connectivity index (χ2n) is 3.02. The second-order valence-corrected chi connectivity index (χ2v) is 3.02. The molecule has 1 aromatic carbocycles. The first-order valence-electron chi connectivity index (χ1n) is 4.30. The third-order valence-corrected chi connectivity index (χ3v) is 1.91. The van der Waals surface area contributed by atoms with Crippen LogP contribution in [0.2, 0.25) is 0 Å². The van der Waals surface area contributed by atoms with Gasteiger partial charge in [-0.3, -0.25) is 4.79 Å². The lowest BCUT2D eigenvalue weighted by molar-refractivity contribution is -0.150. The minimum Gasteiger partial charge on any atom is -0.474 e. The lowest BCUT2D eigenvalue weighted by Gasteiger charge is -2.12. The van der Waals surface area contributed by atoms with Crippen molar-refractivity contribution in [3.8, 4) is 0 Å². The highest BCUT2D eigenvalue weighted by Crippen LogP contribution is 2.15. The summed E-state index contributed by atoms with van der Waals surface area (Å²) >= 11 is 0. The van der Waals surface area contributed by atoms with Gasteiger partial charge in [0.15, 0.2) is 0 Å². The van der Waals surface area contributed by atoms with Gasteiger partial charge in [-0.15, -0.1) is 0 Å². The van der Waals surface area contributed by atoms with E-state index in [4.69, 9.17) is 5.11 Å². The third kappa shape index (κ3) is 2.77. The summed E-state index contributed by atoms with van der Waals surface area (Å²) in [5, 5.41) is 10.5. The maximum Gasteiger partial charge on any atom is 0.394 e. The highest BCUT2D eigenvalue weighted by molar-refractivity contribution is 6.31. The maximum absolute atomic E-state index is 13.2. The van der Waals surface area contributed by atoms with Gasteiger partial charge in [0.1, 0.15) is 5.82 Å². The van der Waals surface area contributed by atoms with E-state index in [2.05, 4.69) is 5.32 Å². The van der Waals surface area contributed by atoms with Gasteiger partial charge in [0, 0.05) is 5.56 Å². The first-order chi connectivity index (χ1) is 7.02. The normalized spacial score (nSPS) is 11.9. The van der Waals surface area contributed by atoms with E-state index in [1.54, 1.807) is 6.07 Å². The molecule has 0 heterocycles. The summed E-state index contributed by atoms with van der Waals surface area (Å²) < 4.78 is 13.2. The van der Waals surface area contributed by atoms with E-state index in [0.717, 1.165) is 0 Å². The number of rotatable bonds is 2. The van der Waals surface area contributed by atoms with Crippen LogP contribution in [0, 0.1) is 5.82 Å². The quantitative estimate of drug-likeness (QED) is 0.719. The number of hydrogen-bond acceptors (Lipinski definition) is 2. The van der Waals surface area contributed by atoms with Crippen LogP contribution in [0.1, 0.15) is 18.5 Å². The number of carboxylic acid groups (broad SMARTS) is 1. The van der Waals surface area contributed by atoms with E-state index < -0.39 is 23.7 Å². The number of carbonyl (C=O) groups is 2. The van der Waals surface area contributed by atoms with Crippen molar-refractivity contribution in [3.05, 3.63) is 35.6 Å². The molecule has 2 N–H and O–H groups in total. The Morgan fingerprint density at radius 2 is 2.00 bits per heavy atom. The van der Waals surface area contributed by atoms with Crippen molar-refractivity contribution in [2.45, 2.75) is 13.0 Å². The maximum atomic E-state index is 13.2. The summed E-state index contributed by atoms with van der Waals surface area (Å²) in [6.07, 6.45) is 0. The standard InChI is InChI=1S/C10H10FNO3/c1-6(12-9(13)10(14)15)7-4-2-3-5-8(7)11/h2-6H,1H3,(H,12,13)(H,14,15). The van der Waals surface area contributed by atoms with E-state index in [9.17, 15) is 14.0 Å². The summed E-state index contributed by atoms with van der Waals surface area (Å²) in [5.74, 6) is -3.21. The summed E-state index contributed by atoms with van der Waals surface area (Å²) in [6.45, 7) is 1.51. The smallest absolute Gasteiger partial charge is 0.394 e. The molecule has 0 fully saturated rings. The van der Waals surface area contributed by atoms with Crippen molar-refractivity contribution < 1.29 is 19.1 Å². The molecule has 0 radical (unpaired) electrons. The number of carboxylic acids is 1. The van der Waals surface area contributed by atoms with Crippen LogP contribution in [0.4, 0.5) is 4.39 Å². The van der Waals surface area contributed by atoms with Gasteiger partial charge in [-0.25, -0.2) is 9.18 Å². The van der Waals surface area contributed by atoms with Gasteiger partial charge in [-0.2, -0.15) is 0 Å². The SMILES string of the molecule is CC(NC(=O)C(=O)O)c1ccccc1F. The first kappa shape index (κ1) is 11.2. The molecule has 0 aliphatic heterocycles. The second kappa shape index (κ2) is 4.54. The van der Waals surface area contributed by atoms with E-state index >= 15 is 0 Å². The molecule has 0 saturated carbocycles. The Bertz CT molecular complexity index is 392. The molecule has 1 aromatic rings. The molecule has 1 unspecified atom stereocenters. The Morgan fingerprint density at radius 3 is 2.53 bits per heavy atom. The molecule has 0 bridgehead atoms. The molecule has 0 spiro atoms. The van der Waals surface area contributed by atoms with Crippen LogP contribution in [-0.2, 0) is 9.59 Å². The predicted molar refractivity (Wildman–Crippen MR) is 50.6 cm³/mol. The van der Waals surface area contributed by atoms with E-state index in [1.807, 2.05) is 0 Å². The van der Waals surface area contributed by atoms with Gasteiger partial charge in [0.05, 0.1) is 6.04 Å². The van der Waals surface area contributed by atoms with Gasteiger partial charge in [0.25, 0.3) is 0 Å². The van der Waals surface area contributed by atoms with Crippen LogP contribution in [0.5, 0.6) is 0 Å². The fourth-order valence-corrected chi connectivity index (χ4v) is 1.16. The zero-order chi connectivity index (χ0) is 11.4. The Morgan fingerprint density at radius 1 is 1.40 bits per heavy atom. The molecule has 1 rings (SSSR count). The number of aliphatic carboxylic acids is 1. The Hall–Kier alpha value is -1.91. The lowest BCUT2D eigenvalue weighted by Crippen LogP contribution is -2.33. The van der Waals surface area contributed by atoms with Crippen LogP contribution in [-0.4, -0.2) is 17.0 Å². The van der Waals surface area contributed by atoms with Gasteiger partial charge >= 0.3 is 11.9 Å². The fraction of sp³-hybridized carbons (Fsp3) is 0.200. The zero-order valence-corrected chi connectivity index (χ0v) is 8.03. The number of amides is 1. The summed E-state index contributed by atoms with van der Waals surface area (Å²) in [6, 6.07) is 5.20. The van der Waals surface area contributed by atoms with Crippen LogP contribution < -0.4 is 5.32 Å². The van der Waals surface area contributed by atoms with Crippen LogP contribution in [0.25, 0.3) is 0 Å². The number of benzene rings is 1. The van der Waals surface area contributed by atoms with Gasteiger partial charge in [-0.05, 0) is 13.0 Å². The van der Waals surface area contributed by atoms with Crippen LogP contribution in [0.15, 0.2) is 24.3 Å². The molecule has 80 valence electrons. The molecule has 0 aliphatic rings. The first-order valence-corrected chi connectivity index (χ1v) is 4.30. The fourth-order valence-electron chi connectivity index (χ4n) is 1.16. The zero-order valence-electron chi connectivity index (χ0n) is 8.03. The summed E-state index contributed by atoms with van der Waals surface area (Å²) in [4.78, 5) is 21.0. The Labute approximate surface area is 85.7 Å². The Kier molecular flexibility index (Phi) is 3.38. The monoisotopic (exact) mass is 211 g/mol. The molecule has 0 saturated heterocycles. The van der Waals surface area contributed by atoms with E-state index in [-0.39, 0.29) is 5.56 Å². The molecule has 0 aliphatic carbocycles. The molecule has 1 amide bonds. The van der Waals surface area contributed by atoms with Crippen LogP contribution in [0.3, 0.4) is 0 Å². The van der Waals surface area contributed by atoms with Crippen molar-refractivity contribution in [3.63, 3.8) is 0 Å². The minimum absolute atomic E-state index is 0.257. The highest BCUT2D eigenvalue weighted by Gasteiger charge is 2.17. The topological polar surface area (TPSA) is 66.4 Å². The predicted octanol–water partition coefficient (Wildman–Crippen LogP) is 1.09. The summed E-state index contributed by atoms with van der Waals surface area (Å²) in [7, 11) is 0. The van der Waals surface area contributed by atoms with E-state index in [0.29, 0.717) is 0 Å². The van der Waals surface area contributed by atoms with Crippen molar-refractivity contribution in [1.29, 1.82) is 0 Å². The van der Waals surface area contributed by atoms with Gasteiger partial charge in [-0.1, -0.05) is 18.2 Å². The molecular formula is C10H10FNO3. The average molecular weight is 211 g/mol.